The summed E-state index contributed by atoms with van der Waals surface area (Å²) in [5.41, 5.74) is 0. The van der Waals surface area contributed by atoms with Crippen molar-refractivity contribution < 1.29 is 14.6 Å². The van der Waals surface area contributed by atoms with Gasteiger partial charge >= 0.3 is 5.97 Å². The second kappa shape index (κ2) is 7.10. The lowest BCUT2D eigenvalue weighted by atomic mass is 9.78. The molecular formula is C14H27NO3. The maximum absolute atomic E-state index is 11.4. The van der Waals surface area contributed by atoms with Crippen LogP contribution in [0.2, 0.25) is 0 Å². The van der Waals surface area contributed by atoms with Gasteiger partial charge in [0.1, 0.15) is 0 Å². The maximum Gasteiger partial charge on any atom is 0.308 e. The predicted molar refractivity (Wildman–Crippen MR) is 71.6 cm³/mol. The SMILES string of the molecule is COCCN(C(C)C)C1CC(C)CCC1C(=O)O. The number of carbonyl (C=O) groups is 1. The lowest BCUT2D eigenvalue weighted by Gasteiger charge is -2.42. The smallest absolute Gasteiger partial charge is 0.308 e. The van der Waals surface area contributed by atoms with E-state index in [0.29, 0.717) is 18.6 Å². The zero-order valence-electron chi connectivity index (χ0n) is 12.1. The number of ether oxygens (including phenoxy) is 1. The number of aliphatic carboxylic acids is 1. The van der Waals surface area contributed by atoms with E-state index in [1.54, 1.807) is 7.11 Å². The molecule has 18 heavy (non-hydrogen) atoms. The third kappa shape index (κ3) is 3.95. The second-order valence-corrected chi connectivity index (χ2v) is 5.75. The molecule has 0 saturated heterocycles. The summed E-state index contributed by atoms with van der Waals surface area (Å²) in [4.78, 5) is 13.7. The van der Waals surface area contributed by atoms with Gasteiger partial charge in [0.05, 0.1) is 12.5 Å². The van der Waals surface area contributed by atoms with Gasteiger partial charge in [0.25, 0.3) is 0 Å². The molecule has 1 saturated carbocycles. The molecule has 0 heterocycles. The Morgan fingerprint density at radius 1 is 1.44 bits per heavy atom. The summed E-state index contributed by atoms with van der Waals surface area (Å²) < 4.78 is 5.15. The minimum atomic E-state index is -0.644. The van der Waals surface area contributed by atoms with Crippen LogP contribution in [0.25, 0.3) is 0 Å². The molecule has 3 unspecified atom stereocenters. The summed E-state index contributed by atoms with van der Waals surface area (Å²) >= 11 is 0. The van der Waals surface area contributed by atoms with E-state index < -0.39 is 5.97 Å². The van der Waals surface area contributed by atoms with Crippen LogP contribution < -0.4 is 0 Å². The number of rotatable bonds is 6. The number of hydrogen-bond donors (Lipinski definition) is 1. The van der Waals surface area contributed by atoms with Crippen molar-refractivity contribution in [1.29, 1.82) is 0 Å². The van der Waals surface area contributed by atoms with E-state index in [4.69, 9.17) is 4.74 Å². The second-order valence-electron chi connectivity index (χ2n) is 5.75. The molecule has 4 heteroatoms. The van der Waals surface area contributed by atoms with Crippen LogP contribution >= 0.6 is 0 Å². The van der Waals surface area contributed by atoms with Crippen LogP contribution in [0.1, 0.15) is 40.0 Å². The van der Waals surface area contributed by atoms with Gasteiger partial charge in [-0.1, -0.05) is 6.92 Å². The van der Waals surface area contributed by atoms with E-state index in [1.165, 1.54) is 0 Å². The zero-order valence-corrected chi connectivity index (χ0v) is 12.1. The summed E-state index contributed by atoms with van der Waals surface area (Å²) in [6.45, 7) is 7.96. The van der Waals surface area contributed by atoms with Crippen LogP contribution in [-0.4, -0.2) is 48.3 Å². The number of carboxylic acids is 1. The van der Waals surface area contributed by atoms with E-state index in [2.05, 4.69) is 25.7 Å². The van der Waals surface area contributed by atoms with Gasteiger partial charge in [-0.25, -0.2) is 0 Å². The Labute approximate surface area is 110 Å². The minimum absolute atomic E-state index is 0.154. The lowest BCUT2D eigenvalue weighted by molar-refractivity contribution is -0.146. The molecule has 1 rings (SSSR count). The molecule has 0 radical (unpaired) electrons. The first-order valence-electron chi connectivity index (χ1n) is 6.94. The molecule has 1 N–H and O–H groups in total. The molecule has 1 fully saturated rings. The normalized spacial score (nSPS) is 28.9. The average Bonchev–Trinajstić information content (AvgIpc) is 2.28. The average molecular weight is 257 g/mol. The first-order chi connectivity index (χ1) is 8.47. The fraction of sp³-hybridized carbons (Fsp3) is 0.929. The Bertz CT molecular complexity index is 268. The standard InChI is InChI=1S/C14H27NO3/c1-10(2)15(7-8-18-4)13-9-11(3)5-6-12(13)14(16)17/h10-13H,5-9H2,1-4H3,(H,16,17). The van der Waals surface area contributed by atoms with Gasteiger partial charge in [0.2, 0.25) is 0 Å². The van der Waals surface area contributed by atoms with Crippen LogP contribution in [0.5, 0.6) is 0 Å². The van der Waals surface area contributed by atoms with Gasteiger partial charge in [-0.15, -0.1) is 0 Å². The first kappa shape index (κ1) is 15.4. The monoisotopic (exact) mass is 257 g/mol. The van der Waals surface area contributed by atoms with Gasteiger partial charge in [-0.2, -0.15) is 0 Å². The minimum Gasteiger partial charge on any atom is -0.481 e. The maximum atomic E-state index is 11.4. The van der Waals surface area contributed by atoms with Crippen LogP contribution in [0.4, 0.5) is 0 Å². The van der Waals surface area contributed by atoms with Crippen molar-refractivity contribution >= 4 is 5.97 Å². The van der Waals surface area contributed by atoms with Gasteiger partial charge in [0, 0.05) is 25.7 Å². The van der Waals surface area contributed by atoms with E-state index in [9.17, 15) is 9.90 Å². The Hall–Kier alpha value is -0.610. The van der Waals surface area contributed by atoms with Crippen molar-refractivity contribution in [2.75, 3.05) is 20.3 Å². The van der Waals surface area contributed by atoms with Gasteiger partial charge in [-0.05, 0) is 39.0 Å². The van der Waals surface area contributed by atoms with Gasteiger partial charge < -0.3 is 9.84 Å². The fourth-order valence-corrected chi connectivity index (χ4v) is 3.01. The summed E-state index contributed by atoms with van der Waals surface area (Å²) in [6, 6.07) is 0.513. The van der Waals surface area contributed by atoms with Crippen LogP contribution in [0.3, 0.4) is 0 Å². The molecule has 4 nitrogen and oxygen atoms in total. The Balaban J connectivity index is 2.79. The molecule has 0 aliphatic heterocycles. The largest absolute Gasteiger partial charge is 0.481 e. The Kier molecular flexibility index (Phi) is 6.09. The molecular weight excluding hydrogens is 230 g/mol. The van der Waals surface area contributed by atoms with Gasteiger partial charge in [0.15, 0.2) is 0 Å². The van der Waals surface area contributed by atoms with Crippen molar-refractivity contribution in [3.8, 4) is 0 Å². The lowest BCUT2D eigenvalue weighted by Crippen LogP contribution is -2.50. The van der Waals surface area contributed by atoms with Crippen molar-refractivity contribution in [3.05, 3.63) is 0 Å². The van der Waals surface area contributed by atoms with E-state index >= 15 is 0 Å². The highest BCUT2D eigenvalue weighted by molar-refractivity contribution is 5.71. The zero-order chi connectivity index (χ0) is 13.7. The van der Waals surface area contributed by atoms with Crippen LogP contribution in [0, 0.1) is 11.8 Å². The molecule has 0 aromatic rings. The molecule has 0 spiro atoms. The third-order valence-electron chi connectivity index (χ3n) is 4.04. The Morgan fingerprint density at radius 2 is 2.11 bits per heavy atom. The van der Waals surface area contributed by atoms with Gasteiger partial charge in [-0.3, -0.25) is 9.69 Å². The summed E-state index contributed by atoms with van der Waals surface area (Å²) in [7, 11) is 1.69. The Morgan fingerprint density at radius 3 is 2.61 bits per heavy atom. The van der Waals surface area contributed by atoms with Crippen molar-refractivity contribution in [1.82, 2.24) is 4.90 Å². The molecule has 0 bridgehead atoms. The highest BCUT2D eigenvalue weighted by Gasteiger charge is 2.37. The third-order valence-corrected chi connectivity index (χ3v) is 4.04. The summed E-state index contributed by atoms with van der Waals surface area (Å²) in [5.74, 6) is -0.246. The van der Waals surface area contributed by atoms with E-state index in [1.807, 2.05) is 0 Å². The molecule has 106 valence electrons. The van der Waals surface area contributed by atoms with Crippen molar-refractivity contribution in [2.45, 2.75) is 52.1 Å². The number of hydrogen-bond acceptors (Lipinski definition) is 3. The van der Waals surface area contributed by atoms with Crippen LogP contribution in [-0.2, 0) is 9.53 Å². The highest BCUT2D eigenvalue weighted by Crippen LogP contribution is 2.33. The number of methoxy groups -OCH3 is 1. The predicted octanol–water partition coefficient (Wildman–Crippen LogP) is 2.23. The molecule has 3 atom stereocenters. The first-order valence-corrected chi connectivity index (χ1v) is 6.94. The van der Waals surface area contributed by atoms with E-state index in [-0.39, 0.29) is 12.0 Å². The van der Waals surface area contributed by atoms with Crippen molar-refractivity contribution in [3.63, 3.8) is 0 Å². The topological polar surface area (TPSA) is 49.8 Å². The summed E-state index contributed by atoms with van der Waals surface area (Å²) in [5, 5.41) is 9.39. The summed E-state index contributed by atoms with van der Waals surface area (Å²) in [6.07, 6.45) is 2.82. The quantitative estimate of drug-likeness (QED) is 0.793. The number of carboxylic acid groups (broad SMARTS) is 1. The number of nitrogens with zero attached hydrogens (tertiary/aromatic N) is 1. The molecule has 0 aromatic heterocycles. The van der Waals surface area contributed by atoms with Crippen molar-refractivity contribution in [2.24, 2.45) is 11.8 Å². The highest BCUT2D eigenvalue weighted by atomic mass is 16.5. The van der Waals surface area contributed by atoms with E-state index in [0.717, 1.165) is 25.8 Å². The molecule has 1 aliphatic carbocycles. The molecule has 1 aliphatic rings. The van der Waals surface area contributed by atoms with Crippen LogP contribution in [0.15, 0.2) is 0 Å². The molecule has 0 aromatic carbocycles. The molecule has 0 amide bonds. The fourth-order valence-electron chi connectivity index (χ4n) is 3.01.